The molecule has 0 unspecified atom stereocenters. The van der Waals surface area contributed by atoms with Gasteiger partial charge in [0.2, 0.25) is 5.91 Å². The number of hydrogen-bond acceptors (Lipinski definition) is 3. The van der Waals surface area contributed by atoms with Gasteiger partial charge in [-0.3, -0.25) is 9.48 Å². The lowest BCUT2D eigenvalue weighted by molar-refractivity contribution is -0.116. The first-order valence-electron chi connectivity index (χ1n) is 8.55. The van der Waals surface area contributed by atoms with Gasteiger partial charge in [0.1, 0.15) is 0 Å². The Morgan fingerprint density at radius 3 is 2.64 bits per heavy atom. The Hall–Kier alpha value is -2.40. The van der Waals surface area contributed by atoms with Crippen LogP contribution in [-0.2, 0) is 24.8 Å². The number of aromatic nitrogens is 2. The molecule has 5 nitrogen and oxygen atoms in total. The fourth-order valence-corrected chi connectivity index (χ4v) is 2.83. The zero-order valence-corrected chi connectivity index (χ0v) is 15.8. The molecule has 1 N–H and O–H groups in total. The summed E-state index contributed by atoms with van der Waals surface area (Å²) >= 11 is 0. The maximum Gasteiger partial charge on any atom is 0.244 e. The van der Waals surface area contributed by atoms with Crippen LogP contribution in [0.4, 0.5) is 0 Å². The smallest absolute Gasteiger partial charge is 0.244 e. The third kappa shape index (κ3) is 5.57. The standard InChI is InChI=1S/C20H28N4O/c1-15-19(16(2)24(5)22-15)9-10-20(25)21-12-11-17-7-6-8-18(13-17)14-23(3)4/h6-10,13H,11-12,14H2,1-5H3,(H,21,25). The van der Waals surface area contributed by atoms with Gasteiger partial charge in [-0.1, -0.05) is 24.3 Å². The van der Waals surface area contributed by atoms with Gasteiger partial charge in [-0.05, 0) is 51.6 Å². The minimum Gasteiger partial charge on any atom is -0.352 e. The molecule has 1 heterocycles. The predicted molar refractivity (Wildman–Crippen MR) is 102 cm³/mol. The Kier molecular flexibility index (Phi) is 6.53. The monoisotopic (exact) mass is 340 g/mol. The fourth-order valence-electron chi connectivity index (χ4n) is 2.83. The van der Waals surface area contributed by atoms with Crippen molar-refractivity contribution in [1.29, 1.82) is 0 Å². The van der Waals surface area contributed by atoms with Crippen LogP contribution in [0.5, 0.6) is 0 Å². The fraction of sp³-hybridized carbons (Fsp3) is 0.400. The average molecular weight is 340 g/mol. The largest absolute Gasteiger partial charge is 0.352 e. The molecule has 0 saturated heterocycles. The molecule has 25 heavy (non-hydrogen) atoms. The zero-order valence-electron chi connectivity index (χ0n) is 15.8. The Labute approximate surface area is 150 Å². The number of amides is 1. The summed E-state index contributed by atoms with van der Waals surface area (Å²) in [6.07, 6.45) is 4.25. The van der Waals surface area contributed by atoms with Gasteiger partial charge in [-0.25, -0.2) is 0 Å². The molecule has 1 aromatic carbocycles. The van der Waals surface area contributed by atoms with E-state index in [0.717, 1.165) is 29.9 Å². The molecular formula is C20H28N4O. The Bertz CT molecular complexity index is 759. The summed E-state index contributed by atoms with van der Waals surface area (Å²) in [6, 6.07) is 8.50. The topological polar surface area (TPSA) is 50.2 Å². The molecule has 0 atom stereocenters. The van der Waals surface area contributed by atoms with Crippen molar-refractivity contribution in [2.75, 3.05) is 20.6 Å². The molecule has 2 aromatic rings. The van der Waals surface area contributed by atoms with E-state index in [1.54, 1.807) is 6.08 Å². The summed E-state index contributed by atoms with van der Waals surface area (Å²) in [5.74, 6) is -0.0768. The molecule has 0 fully saturated rings. The van der Waals surface area contributed by atoms with E-state index in [-0.39, 0.29) is 5.91 Å². The number of rotatable bonds is 7. The minimum atomic E-state index is -0.0768. The second kappa shape index (κ2) is 8.62. The van der Waals surface area contributed by atoms with E-state index in [4.69, 9.17) is 0 Å². The number of carbonyl (C=O) groups excluding carboxylic acids is 1. The SMILES string of the molecule is Cc1nn(C)c(C)c1C=CC(=O)NCCc1cccc(CN(C)C)c1. The summed E-state index contributed by atoms with van der Waals surface area (Å²) in [5, 5.41) is 7.29. The molecule has 0 aliphatic heterocycles. The van der Waals surface area contributed by atoms with Crippen LogP contribution in [0.15, 0.2) is 30.3 Å². The van der Waals surface area contributed by atoms with Crippen molar-refractivity contribution in [2.45, 2.75) is 26.8 Å². The number of benzene rings is 1. The normalized spacial score (nSPS) is 11.4. The Balaban J connectivity index is 1.85. The molecule has 1 amide bonds. The van der Waals surface area contributed by atoms with Crippen LogP contribution in [0.1, 0.15) is 28.1 Å². The molecule has 5 heteroatoms. The van der Waals surface area contributed by atoms with Crippen molar-refractivity contribution < 1.29 is 4.79 Å². The maximum absolute atomic E-state index is 12.0. The number of aryl methyl sites for hydroxylation is 2. The summed E-state index contributed by atoms with van der Waals surface area (Å²) in [5.41, 5.74) is 5.52. The summed E-state index contributed by atoms with van der Waals surface area (Å²) in [4.78, 5) is 14.2. The summed E-state index contributed by atoms with van der Waals surface area (Å²) in [7, 11) is 6.03. The van der Waals surface area contributed by atoms with Crippen LogP contribution in [0, 0.1) is 13.8 Å². The Morgan fingerprint density at radius 2 is 2.00 bits per heavy atom. The highest BCUT2D eigenvalue weighted by atomic mass is 16.1. The van der Waals surface area contributed by atoms with Crippen LogP contribution in [-0.4, -0.2) is 41.2 Å². The molecule has 0 aliphatic carbocycles. The first-order chi connectivity index (χ1) is 11.9. The first kappa shape index (κ1) is 18.9. The predicted octanol–water partition coefficient (Wildman–Crippen LogP) is 2.47. The van der Waals surface area contributed by atoms with Crippen molar-refractivity contribution in [1.82, 2.24) is 20.0 Å². The van der Waals surface area contributed by atoms with Crippen molar-refractivity contribution in [2.24, 2.45) is 7.05 Å². The van der Waals surface area contributed by atoms with Crippen LogP contribution < -0.4 is 5.32 Å². The summed E-state index contributed by atoms with van der Waals surface area (Å²) in [6.45, 7) is 5.50. The van der Waals surface area contributed by atoms with E-state index >= 15 is 0 Å². The van der Waals surface area contributed by atoms with Crippen LogP contribution in [0.25, 0.3) is 6.08 Å². The molecular weight excluding hydrogens is 312 g/mol. The van der Waals surface area contributed by atoms with Gasteiger partial charge < -0.3 is 10.2 Å². The molecule has 0 saturated carbocycles. The van der Waals surface area contributed by atoms with Crippen LogP contribution >= 0.6 is 0 Å². The average Bonchev–Trinajstić information content (AvgIpc) is 2.78. The van der Waals surface area contributed by atoms with Gasteiger partial charge in [0.25, 0.3) is 0 Å². The lowest BCUT2D eigenvalue weighted by atomic mass is 10.1. The molecule has 134 valence electrons. The van der Waals surface area contributed by atoms with E-state index in [1.807, 2.05) is 31.7 Å². The van der Waals surface area contributed by atoms with Gasteiger partial charge in [0, 0.05) is 37.5 Å². The van der Waals surface area contributed by atoms with Crippen molar-refractivity contribution in [3.05, 3.63) is 58.4 Å². The lowest BCUT2D eigenvalue weighted by Gasteiger charge is -2.11. The van der Waals surface area contributed by atoms with Crippen LogP contribution in [0.2, 0.25) is 0 Å². The van der Waals surface area contributed by atoms with Gasteiger partial charge >= 0.3 is 0 Å². The number of carbonyl (C=O) groups is 1. The lowest BCUT2D eigenvalue weighted by Crippen LogP contribution is -2.23. The quantitative estimate of drug-likeness (QED) is 0.788. The van der Waals surface area contributed by atoms with E-state index in [1.165, 1.54) is 11.1 Å². The molecule has 2 rings (SSSR count). The van der Waals surface area contributed by atoms with Gasteiger partial charge in [0.15, 0.2) is 0 Å². The number of nitrogens with zero attached hydrogens (tertiary/aromatic N) is 3. The minimum absolute atomic E-state index is 0.0768. The molecule has 0 aliphatic rings. The molecule has 0 spiro atoms. The zero-order chi connectivity index (χ0) is 18.4. The van der Waals surface area contributed by atoms with Crippen molar-refractivity contribution in [3.8, 4) is 0 Å². The highest BCUT2D eigenvalue weighted by Gasteiger charge is 2.06. The van der Waals surface area contributed by atoms with Gasteiger partial charge in [-0.15, -0.1) is 0 Å². The third-order valence-electron chi connectivity index (χ3n) is 4.17. The van der Waals surface area contributed by atoms with E-state index < -0.39 is 0 Å². The maximum atomic E-state index is 12.0. The van der Waals surface area contributed by atoms with Gasteiger partial charge in [-0.2, -0.15) is 5.10 Å². The highest BCUT2D eigenvalue weighted by molar-refractivity contribution is 5.92. The van der Waals surface area contributed by atoms with E-state index in [9.17, 15) is 4.79 Å². The van der Waals surface area contributed by atoms with Crippen molar-refractivity contribution in [3.63, 3.8) is 0 Å². The van der Waals surface area contributed by atoms with E-state index in [0.29, 0.717) is 6.54 Å². The third-order valence-corrected chi connectivity index (χ3v) is 4.17. The first-order valence-corrected chi connectivity index (χ1v) is 8.55. The number of nitrogens with one attached hydrogen (secondary N) is 1. The highest BCUT2D eigenvalue weighted by Crippen LogP contribution is 2.13. The van der Waals surface area contributed by atoms with Crippen LogP contribution in [0.3, 0.4) is 0 Å². The molecule has 0 bridgehead atoms. The summed E-state index contributed by atoms with van der Waals surface area (Å²) < 4.78 is 1.83. The number of hydrogen-bond donors (Lipinski definition) is 1. The molecule has 1 aromatic heterocycles. The second-order valence-electron chi connectivity index (χ2n) is 6.64. The Morgan fingerprint density at radius 1 is 1.28 bits per heavy atom. The van der Waals surface area contributed by atoms with Gasteiger partial charge in [0.05, 0.1) is 5.69 Å². The second-order valence-corrected chi connectivity index (χ2v) is 6.64. The van der Waals surface area contributed by atoms with Crippen molar-refractivity contribution >= 4 is 12.0 Å². The molecule has 0 radical (unpaired) electrons. The van der Waals surface area contributed by atoms with E-state index in [2.05, 4.69) is 53.7 Å².